The van der Waals surface area contributed by atoms with Gasteiger partial charge in [-0.05, 0) is 74.0 Å². The summed E-state index contributed by atoms with van der Waals surface area (Å²) < 4.78 is 54.0. The molecule has 3 heterocycles. The third-order valence-corrected chi connectivity index (χ3v) is 7.60. The van der Waals surface area contributed by atoms with Gasteiger partial charge >= 0.3 is 6.18 Å². The molecule has 1 N–H and O–H groups in total. The fourth-order valence-electron chi connectivity index (χ4n) is 5.89. The second-order valence-electron chi connectivity index (χ2n) is 10.6. The molecule has 1 saturated heterocycles. The Hall–Kier alpha value is -2.66. The van der Waals surface area contributed by atoms with E-state index in [0.717, 1.165) is 55.8 Å². The first-order chi connectivity index (χ1) is 18.7. The number of hydrogen-bond acceptors (Lipinski definition) is 6. The number of halogens is 4. The maximum Gasteiger partial charge on any atom is 0.418 e. The topological polar surface area (TPSA) is 58.9 Å². The van der Waals surface area contributed by atoms with Crippen LogP contribution in [0.15, 0.2) is 42.9 Å². The normalized spacial score (nSPS) is 21.6. The number of hydrogen-bond donors (Lipinski definition) is 1. The molecule has 6 nitrogen and oxygen atoms in total. The van der Waals surface area contributed by atoms with Crippen LogP contribution in [0.5, 0.6) is 0 Å². The summed E-state index contributed by atoms with van der Waals surface area (Å²) in [5.74, 6) is 1.49. The standard InChI is InChI=1S/C27H33F3N6.CH3FS/c1-19-13-26(14-19,25-34-33-18-35(25)2)21-7-6-8-22(12-21)31-16-24-23(27(28,29)30)11-20(15-32-24)17-36-9-4-3-5-10-36;1-3-2/h6-8,11-12,15,18-19,31H,3-5,9-10,13-14,16-17H2,1-2H3;1H3. The van der Waals surface area contributed by atoms with E-state index in [0.29, 0.717) is 18.0 Å². The lowest BCUT2D eigenvalue weighted by Crippen LogP contribution is -2.43. The second kappa shape index (κ2) is 12.7. The van der Waals surface area contributed by atoms with Crippen molar-refractivity contribution in [2.24, 2.45) is 13.0 Å². The van der Waals surface area contributed by atoms with E-state index in [1.54, 1.807) is 12.5 Å². The number of aromatic nitrogens is 4. The van der Waals surface area contributed by atoms with Crippen LogP contribution in [0.3, 0.4) is 0 Å². The largest absolute Gasteiger partial charge is 0.418 e. The van der Waals surface area contributed by atoms with E-state index < -0.39 is 11.7 Å². The highest BCUT2D eigenvalue weighted by molar-refractivity contribution is 7.93. The Morgan fingerprint density at radius 1 is 1.13 bits per heavy atom. The number of benzene rings is 1. The van der Waals surface area contributed by atoms with Crippen molar-refractivity contribution < 1.29 is 17.1 Å². The first kappa shape index (κ1) is 29.3. The Kier molecular flexibility index (Phi) is 9.53. The fraction of sp³-hybridized carbons (Fsp3) is 0.536. The molecule has 11 heteroatoms. The molecule has 1 saturated carbocycles. The van der Waals surface area contributed by atoms with Gasteiger partial charge in [0.1, 0.15) is 12.2 Å². The van der Waals surface area contributed by atoms with Gasteiger partial charge in [-0.25, -0.2) is 0 Å². The number of pyridine rings is 1. The highest BCUT2D eigenvalue weighted by Crippen LogP contribution is 2.51. The Morgan fingerprint density at radius 3 is 2.46 bits per heavy atom. The lowest BCUT2D eigenvalue weighted by Gasteiger charge is -2.46. The third kappa shape index (κ3) is 6.92. The highest BCUT2D eigenvalue weighted by Gasteiger charge is 2.48. The summed E-state index contributed by atoms with van der Waals surface area (Å²) in [5.41, 5.74) is 1.59. The van der Waals surface area contributed by atoms with Crippen molar-refractivity contribution in [2.75, 3.05) is 24.7 Å². The zero-order valence-corrected chi connectivity index (χ0v) is 23.5. The zero-order chi connectivity index (χ0) is 28.0. The van der Waals surface area contributed by atoms with Crippen molar-refractivity contribution in [1.29, 1.82) is 0 Å². The van der Waals surface area contributed by atoms with Gasteiger partial charge in [-0.1, -0.05) is 25.5 Å². The lowest BCUT2D eigenvalue weighted by atomic mass is 9.58. The summed E-state index contributed by atoms with van der Waals surface area (Å²) in [6, 6.07) is 9.19. The number of piperidine rings is 1. The van der Waals surface area contributed by atoms with E-state index in [9.17, 15) is 17.1 Å². The Balaban J connectivity index is 0.00000112. The van der Waals surface area contributed by atoms with Gasteiger partial charge in [-0.2, -0.15) is 17.1 Å². The molecular formula is C28H36F4N6S. The van der Waals surface area contributed by atoms with Crippen molar-refractivity contribution in [3.63, 3.8) is 0 Å². The molecule has 1 aromatic carbocycles. The van der Waals surface area contributed by atoms with Crippen molar-refractivity contribution in [3.8, 4) is 0 Å². The third-order valence-electron chi connectivity index (χ3n) is 7.60. The number of nitrogens with zero attached hydrogens (tertiary/aromatic N) is 5. The molecule has 0 atom stereocenters. The summed E-state index contributed by atoms with van der Waals surface area (Å²) in [7, 11) is 1.95. The quantitative estimate of drug-likeness (QED) is 0.320. The van der Waals surface area contributed by atoms with Gasteiger partial charge in [-0.3, -0.25) is 9.88 Å². The lowest BCUT2D eigenvalue weighted by molar-refractivity contribution is -0.138. The molecule has 39 heavy (non-hydrogen) atoms. The van der Waals surface area contributed by atoms with E-state index >= 15 is 0 Å². The summed E-state index contributed by atoms with van der Waals surface area (Å²) in [4.78, 5) is 6.46. The van der Waals surface area contributed by atoms with E-state index in [-0.39, 0.29) is 29.8 Å². The molecule has 0 bridgehead atoms. The molecule has 2 aliphatic rings. The van der Waals surface area contributed by atoms with Crippen LogP contribution in [0.1, 0.15) is 67.2 Å². The van der Waals surface area contributed by atoms with Crippen LogP contribution in [0.25, 0.3) is 0 Å². The summed E-state index contributed by atoms with van der Waals surface area (Å²) in [6.45, 7) is 4.57. The number of likely N-dealkylation sites (tertiary alicyclic amines) is 1. The highest BCUT2D eigenvalue weighted by atomic mass is 32.2. The summed E-state index contributed by atoms with van der Waals surface area (Å²) in [6.07, 6.45) is 5.52. The molecule has 0 unspecified atom stereocenters. The predicted molar refractivity (Wildman–Crippen MR) is 147 cm³/mol. The summed E-state index contributed by atoms with van der Waals surface area (Å²) >= 11 is 0.250. The van der Waals surface area contributed by atoms with Crippen LogP contribution in [-0.4, -0.2) is 44.0 Å². The number of anilines is 1. The van der Waals surface area contributed by atoms with E-state index in [1.165, 1.54) is 18.7 Å². The molecule has 1 aliphatic heterocycles. The molecule has 5 rings (SSSR count). The van der Waals surface area contributed by atoms with Gasteiger partial charge in [0, 0.05) is 43.9 Å². The molecule has 3 aromatic rings. The van der Waals surface area contributed by atoms with E-state index in [1.807, 2.05) is 29.8 Å². The van der Waals surface area contributed by atoms with Crippen LogP contribution in [0.2, 0.25) is 0 Å². The molecule has 0 amide bonds. The molecule has 212 valence electrons. The van der Waals surface area contributed by atoms with Crippen LogP contribution < -0.4 is 5.32 Å². The van der Waals surface area contributed by atoms with E-state index in [2.05, 4.69) is 38.4 Å². The van der Waals surface area contributed by atoms with Crippen LogP contribution in [0, 0.1) is 5.92 Å². The minimum absolute atomic E-state index is 0.00431. The molecule has 2 fully saturated rings. The fourth-order valence-corrected chi connectivity index (χ4v) is 5.89. The number of nitrogens with one attached hydrogen (secondary N) is 1. The molecule has 0 spiro atoms. The summed E-state index contributed by atoms with van der Waals surface area (Å²) in [5, 5.41) is 11.7. The number of aryl methyl sites for hydroxylation is 1. The Bertz CT molecular complexity index is 1220. The molecule has 0 radical (unpaired) electrons. The van der Waals surface area contributed by atoms with Gasteiger partial charge < -0.3 is 9.88 Å². The second-order valence-corrected chi connectivity index (χ2v) is 10.9. The van der Waals surface area contributed by atoms with Crippen molar-refractivity contribution in [2.45, 2.75) is 63.7 Å². The minimum Gasteiger partial charge on any atom is -0.379 e. The van der Waals surface area contributed by atoms with Gasteiger partial charge in [-0.15, -0.1) is 10.2 Å². The van der Waals surface area contributed by atoms with Crippen LogP contribution in [0.4, 0.5) is 22.7 Å². The molecule has 1 aliphatic carbocycles. The predicted octanol–water partition coefficient (Wildman–Crippen LogP) is 6.78. The first-order valence-electron chi connectivity index (χ1n) is 13.3. The maximum atomic E-state index is 13.9. The number of alkyl halides is 3. The van der Waals surface area contributed by atoms with E-state index in [4.69, 9.17) is 0 Å². The average Bonchev–Trinajstić information content (AvgIpc) is 3.32. The van der Waals surface area contributed by atoms with Gasteiger partial charge in [0.2, 0.25) is 0 Å². The maximum absolute atomic E-state index is 13.9. The minimum atomic E-state index is -4.46. The van der Waals surface area contributed by atoms with Crippen molar-refractivity contribution in [3.05, 3.63) is 71.1 Å². The smallest absolute Gasteiger partial charge is 0.379 e. The van der Waals surface area contributed by atoms with Gasteiger partial charge in [0.05, 0.1) is 23.2 Å². The van der Waals surface area contributed by atoms with Crippen molar-refractivity contribution in [1.82, 2.24) is 24.6 Å². The first-order valence-corrected chi connectivity index (χ1v) is 14.4. The van der Waals surface area contributed by atoms with Crippen molar-refractivity contribution >= 4 is 17.8 Å². The van der Waals surface area contributed by atoms with Crippen LogP contribution in [-0.2, 0) is 31.7 Å². The Morgan fingerprint density at radius 2 is 1.85 bits per heavy atom. The zero-order valence-electron chi connectivity index (χ0n) is 22.6. The molecular weight excluding hydrogens is 528 g/mol. The van der Waals surface area contributed by atoms with Gasteiger partial charge in [0.25, 0.3) is 0 Å². The monoisotopic (exact) mass is 564 g/mol. The Labute approximate surface area is 231 Å². The van der Waals surface area contributed by atoms with Crippen LogP contribution >= 0.6 is 12.1 Å². The van der Waals surface area contributed by atoms with Gasteiger partial charge in [0.15, 0.2) is 0 Å². The SMILES string of the molecule is CC1CC(c2cccc(NCc3ncc(CN4CCCCC4)cc3C(F)(F)F)c2)(c2nncn2C)C1.CSF. The average molecular weight is 565 g/mol. The number of rotatable bonds is 7. The molecule has 2 aromatic heterocycles.